The van der Waals surface area contributed by atoms with Crippen LogP contribution in [-0.4, -0.2) is 86.7 Å². The number of fused-ring (bicyclic) bond motifs is 1. The Morgan fingerprint density at radius 2 is 1.98 bits per heavy atom. The van der Waals surface area contributed by atoms with E-state index in [0.29, 0.717) is 41.2 Å². The molecule has 2 atom stereocenters. The number of benzene rings is 1. The summed E-state index contributed by atoms with van der Waals surface area (Å²) >= 11 is 0. The minimum Gasteiger partial charge on any atom is -0.368 e. The lowest BCUT2D eigenvalue weighted by Crippen LogP contribution is -2.55. The highest BCUT2D eigenvalue weighted by atomic mass is 16.1. The summed E-state index contributed by atoms with van der Waals surface area (Å²) < 4.78 is 3.09. The van der Waals surface area contributed by atoms with E-state index in [2.05, 4.69) is 71.7 Å². The van der Waals surface area contributed by atoms with Crippen molar-refractivity contribution in [2.24, 2.45) is 5.10 Å². The molecule has 2 aromatic heterocycles. The quantitative estimate of drug-likeness (QED) is 0.106. The maximum atomic E-state index is 13.3. The Labute approximate surface area is 241 Å². The van der Waals surface area contributed by atoms with Gasteiger partial charge in [-0.25, -0.2) is 14.3 Å². The second kappa shape index (κ2) is 12.5. The number of nitrogens with zero attached hydrogens (tertiary/aromatic N) is 8. The normalized spacial score (nSPS) is 18.4. The van der Waals surface area contributed by atoms with Crippen molar-refractivity contribution in [1.82, 2.24) is 29.2 Å². The number of rotatable bonds is 9. The topological polar surface area (TPSA) is 104 Å². The van der Waals surface area contributed by atoms with E-state index in [0.717, 1.165) is 24.3 Å². The molecule has 1 fully saturated rings. The number of piperazine rings is 1. The number of hydrogen-bond donors (Lipinski definition) is 1. The molecule has 1 aliphatic heterocycles. The van der Waals surface area contributed by atoms with E-state index in [1.165, 1.54) is 22.6 Å². The number of hydrazone groups is 1. The fourth-order valence-corrected chi connectivity index (χ4v) is 4.98. The van der Waals surface area contributed by atoms with Crippen molar-refractivity contribution in [3.05, 3.63) is 65.1 Å². The molecule has 4 rings (SSSR count). The summed E-state index contributed by atoms with van der Waals surface area (Å²) in [6.07, 6.45) is 6.72. The Morgan fingerprint density at radius 3 is 2.59 bits per heavy atom. The first-order valence-corrected chi connectivity index (χ1v) is 13.9. The van der Waals surface area contributed by atoms with Crippen molar-refractivity contribution in [3.63, 3.8) is 0 Å². The molecule has 0 aliphatic carbocycles. The van der Waals surface area contributed by atoms with Crippen molar-refractivity contribution in [1.29, 1.82) is 0 Å². The summed E-state index contributed by atoms with van der Waals surface area (Å²) in [7, 11) is 4.02. The second-order valence-corrected chi connectivity index (χ2v) is 10.9. The summed E-state index contributed by atoms with van der Waals surface area (Å²) in [5, 5.41) is 10.1. The van der Waals surface area contributed by atoms with Crippen LogP contribution in [0.5, 0.6) is 0 Å². The molecule has 1 N–H and O–H groups in total. The van der Waals surface area contributed by atoms with E-state index in [1.54, 1.807) is 21.8 Å². The number of hydrogen-bond acceptors (Lipinski definition) is 9. The molecule has 11 nitrogen and oxygen atoms in total. The minimum atomic E-state index is -0.276. The Kier molecular flexibility index (Phi) is 9.07. The van der Waals surface area contributed by atoms with Crippen LogP contribution in [0.15, 0.2) is 59.1 Å². The van der Waals surface area contributed by atoms with Crippen LogP contribution in [0.2, 0.25) is 0 Å². The lowest BCUT2D eigenvalue weighted by molar-refractivity contribution is -0.104. The number of anilines is 3. The smallest absolute Gasteiger partial charge is 0.278 e. The molecule has 0 spiro atoms. The number of aryl methyl sites for hydroxylation is 1. The summed E-state index contributed by atoms with van der Waals surface area (Å²) in [6, 6.07) is 7.27. The molecule has 0 radical (unpaired) electrons. The van der Waals surface area contributed by atoms with Gasteiger partial charge in [0.1, 0.15) is 11.7 Å². The first-order chi connectivity index (χ1) is 19.5. The van der Waals surface area contributed by atoms with Crippen LogP contribution in [0.4, 0.5) is 17.3 Å². The Morgan fingerprint density at radius 1 is 1.27 bits per heavy atom. The van der Waals surface area contributed by atoms with Crippen LogP contribution in [0.25, 0.3) is 11.0 Å². The van der Waals surface area contributed by atoms with Crippen LogP contribution < -0.4 is 15.8 Å². The van der Waals surface area contributed by atoms with Crippen LogP contribution in [-0.2, 0) is 11.3 Å². The highest BCUT2D eigenvalue weighted by Gasteiger charge is 2.27. The summed E-state index contributed by atoms with van der Waals surface area (Å²) in [6.45, 7) is 16.6. The lowest BCUT2D eigenvalue weighted by atomic mass is 10.1. The SMILES string of the molecule is C=CCn1c(=O)c2cnc(Nc3ccc(N4CC(C)N(C)C(C)C4)c(C)c3)nc2n1C(/C=C\C=O)=N/N(C)C(C)C. The number of aromatic nitrogens is 4. The van der Waals surface area contributed by atoms with Gasteiger partial charge in [0.15, 0.2) is 11.5 Å². The molecule has 11 heteroatoms. The van der Waals surface area contributed by atoms with Gasteiger partial charge in [0.05, 0.1) is 6.54 Å². The highest BCUT2D eigenvalue weighted by molar-refractivity contribution is 6.01. The predicted octanol–water partition coefficient (Wildman–Crippen LogP) is 3.62. The van der Waals surface area contributed by atoms with Gasteiger partial charge in [-0.3, -0.25) is 19.5 Å². The van der Waals surface area contributed by atoms with Gasteiger partial charge < -0.3 is 10.2 Å². The number of aldehydes is 1. The number of carbonyl (C=O) groups excluding carboxylic acids is 1. The molecule has 0 amide bonds. The minimum absolute atomic E-state index is 0.0892. The van der Waals surface area contributed by atoms with Gasteiger partial charge >= 0.3 is 0 Å². The van der Waals surface area contributed by atoms with Gasteiger partial charge in [-0.15, -0.1) is 6.58 Å². The van der Waals surface area contributed by atoms with Crippen LogP contribution >= 0.6 is 0 Å². The van der Waals surface area contributed by atoms with Gasteiger partial charge in [-0.2, -0.15) is 10.1 Å². The lowest BCUT2D eigenvalue weighted by Gasteiger charge is -2.44. The first-order valence-electron chi connectivity index (χ1n) is 13.9. The van der Waals surface area contributed by atoms with E-state index in [-0.39, 0.29) is 18.1 Å². The van der Waals surface area contributed by atoms with Crippen molar-refractivity contribution in [2.45, 2.75) is 59.3 Å². The summed E-state index contributed by atoms with van der Waals surface area (Å²) in [5.74, 6) is 0.703. The van der Waals surface area contributed by atoms with Gasteiger partial charge in [-0.05, 0) is 77.6 Å². The highest BCUT2D eigenvalue weighted by Crippen LogP contribution is 2.28. The summed E-state index contributed by atoms with van der Waals surface area (Å²) in [5.41, 5.74) is 3.30. The average molecular weight is 560 g/mol. The van der Waals surface area contributed by atoms with Crippen LogP contribution in [0, 0.1) is 6.92 Å². The molecule has 218 valence electrons. The molecular formula is C30H41N9O2. The fraction of sp³-hybridized carbons (Fsp3) is 0.433. The molecule has 1 saturated heterocycles. The van der Waals surface area contributed by atoms with E-state index in [1.807, 2.05) is 27.0 Å². The number of likely N-dealkylation sites (N-methyl/N-ethyl adjacent to an activating group) is 1. The molecule has 0 saturated carbocycles. The largest absolute Gasteiger partial charge is 0.368 e. The van der Waals surface area contributed by atoms with E-state index in [9.17, 15) is 9.59 Å². The molecule has 1 aliphatic rings. The molecule has 2 unspecified atom stereocenters. The van der Waals surface area contributed by atoms with E-state index < -0.39 is 0 Å². The predicted molar refractivity (Wildman–Crippen MR) is 166 cm³/mol. The molecule has 3 aromatic rings. The van der Waals surface area contributed by atoms with Crippen LogP contribution in [0.3, 0.4) is 0 Å². The Balaban J connectivity index is 1.73. The third kappa shape index (κ3) is 6.25. The van der Waals surface area contributed by atoms with Crippen LogP contribution in [0.1, 0.15) is 33.3 Å². The maximum Gasteiger partial charge on any atom is 0.278 e. The fourth-order valence-electron chi connectivity index (χ4n) is 4.98. The van der Waals surface area contributed by atoms with Crippen molar-refractivity contribution in [3.8, 4) is 0 Å². The maximum absolute atomic E-state index is 13.3. The average Bonchev–Trinajstić information content (AvgIpc) is 3.20. The molecule has 3 heterocycles. The third-order valence-corrected chi connectivity index (χ3v) is 7.68. The van der Waals surface area contributed by atoms with E-state index in [4.69, 9.17) is 4.98 Å². The van der Waals surface area contributed by atoms with Gasteiger partial charge in [-0.1, -0.05) is 6.08 Å². The number of allylic oxidation sites excluding steroid dienone is 3. The Hall–Kier alpha value is -4.25. The summed E-state index contributed by atoms with van der Waals surface area (Å²) in [4.78, 5) is 38.6. The zero-order chi connectivity index (χ0) is 29.8. The van der Waals surface area contributed by atoms with E-state index >= 15 is 0 Å². The van der Waals surface area contributed by atoms with Gasteiger partial charge in [0, 0.05) is 55.8 Å². The van der Waals surface area contributed by atoms with Gasteiger partial charge in [0.25, 0.3) is 5.56 Å². The number of carbonyl (C=O) groups is 1. The number of nitrogens with one attached hydrogen (secondary N) is 1. The van der Waals surface area contributed by atoms with Crippen molar-refractivity contribution in [2.75, 3.05) is 37.4 Å². The monoisotopic (exact) mass is 559 g/mol. The molecule has 41 heavy (non-hydrogen) atoms. The molecule has 0 bridgehead atoms. The Bertz CT molecular complexity index is 1520. The zero-order valence-electron chi connectivity index (χ0n) is 25.1. The molecular weight excluding hydrogens is 518 g/mol. The van der Waals surface area contributed by atoms with Crippen molar-refractivity contribution < 1.29 is 4.79 Å². The van der Waals surface area contributed by atoms with Gasteiger partial charge in [0.2, 0.25) is 5.95 Å². The standard InChI is InChI=1S/C30H41N9O2/c1-9-14-38-29(41)25-17-31-30(33-28(25)39(38)27(11-10-15-40)34-36(8)20(2)3)32-24-12-13-26(21(4)16-24)37-18-22(5)35(7)23(6)19-37/h9-13,15-17,20,22-23H,1,14,18-19H2,2-8H3,(H,31,32,33)/b11-10-,34-27+. The third-order valence-electron chi connectivity index (χ3n) is 7.68. The zero-order valence-corrected chi connectivity index (χ0v) is 25.1. The first kappa shape index (κ1) is 29.7. The molecule has 1 aromatic carbocycles. The van der Waals surface area contributed by atoms with Crippen molar-refractivity contribution >= 4 is 40.5 Å². The second-order valence-electron chi connectivity index (χ2n) is 10.9.